The second-order valence-electron chi connectivity index (χ2n) is 9.25. The molecule has 1 N–H and O–H groups in total. The standard InChI is InChI=1S/C27H35NO/c1-17(2)21-9-11-24-16-22(10-12-23(24)15-21)19(5)7-8-20(6)25-13-14-26(18(3)4)28-27(25)29/h9-20H,7-8H2,1-6H3,(H,28,29)/t19-,20?/m1/s1. The second-order valence-corrected chi connectivity index (χ2v) is 9.25. The summed E-state index contributed by atoms with van der Waals surface area (Å²) in [7, 11) is 0. The molecule has 0 saturated carbocycles. The van der Waals surface area contributed by atoms with Crippen molar-refractivity contribution in [2.24, 2.45) is 0 Å². The number of hydrogen-bond acceptors (Lipinski definition) is 1. The van der Waals surface area contributed by atoms with Gasteiger partial charge in [-0.25, -0.2) is 0 Å². The third kappa shape index (κ3) is 4.98. The molecule has 2 atom stereocenters. The van der Waals surface area contributed by atoms with E-state index in [0.29, 0.717) is 17.8 Å². The predicted octanol–water partition coefficient (Wildman–Crippen LogP) is 7.46. The van der Waals surface area contributed by atoms with E-state index < -0.39 is 0 Å². The maximum atomic E-state index is 12.5. The van der Waals surface area contributed by atoms with Crippen LogP contribution >= 0.6 is 0 Å². The molecule has 0 spiro atoms. The van der Waals surface area contributed by atoms with Crippen LogP contribution in [0.2, 0.25) is 0 Å². The van der Waals surface area contributed by atoms with Gasteiger partial charge < -0.3 is 4.98 Å². The lowest BCUT2D eigenvalue weighted by Gasteiger charge is -2.17. The number of H-pyrrole nitrogens is 1. The Balaban J connectivity index is 1.69. The largest absolute Gasteiger partial charge is 0.326 e. The fourth-order valence-corrected chi connectivity index (χ4v) is 4.00. The van der Waals surface area contributed by atoms with Gasteiger partial charge in [0.1, 0.15) is 0 Å². The number of rotatable bonds is 7. The van der Waals surface area contributed by atoms with Gasteiger partial charge in [-0.05, 0) is 64.5 Å². The predicted molar refractivity (Wildman–Crippen MR) is 125 cm³/mol. The second kappa shape index (κ2) is 8.98. The highest BCUT2D eigenvalue weighted by Crippen LogP contribution is 2.30. The maximum absolute atomic E-state index is 12.5. The van der Waals surface area contributed by atoms with E-state index in [9.17, 15) is 4.79 Å². The first kappa shape index (κ1) is 21.4. The van der Waals surface area contributed by atoms with E-state index in [4.69, 9.17) is 0 Å². The van der Waals surface area contributed by atoms with Gasteiger partial charge in [0.2, 0.25) is 0 Å². The lowest BCUT2D eigenvalue weighted by molar-refractivity contribution is 0.570. The van der Waals surface area contributed by atoms with Crippen LogP contribution in [0.5, 0.6) is 0 Å². The van der Waals surface area contributed by atoms with Crippen molar-refractivity contribution in [3.63, 3.8) is 0 Å². The average Bonchev–Trinajstić information content (AvgIpc) is 2.70. The van der Waals surface area contributed by atoms with Crippen LogP contribution in [-0.4, -0.2) is 4.98 Å². The van der Waals surface area contributed by atoms with Crippen LogP contribution < -0.4 is 5.56 Å². The molecule has 0 aliphatic heterocycles. The molecule has 1 unspecified atom stereocenters. The molecule has 3 rings (SSSR count). The molecular formula is C27H35NO. The van der Waals surface area contributed by atoms with Crippen molar-refractivity contribution in [3.8, 4) is 0 Å². The molecule has 1 aromatic heterocycles. The molecule has 0 amide bonds. The Morgan fingerprint density at radius 2 is 1.28 bits per heavy atom. The molecule has 0 fully saturated rings. The third-order valence-corrected chi connectivity index (χ3v) is 6.27. The van der Waals surface area contributed by atoms with Crippen LogP contribution in [0.15, 0.2) is 53.3 Å². The van der Waals surface area contributed by atoms with Gasteiger partial charge in [0.05, 0.1) is 0 Å². The average molecular weight is 390 g/mol. The first-order chi connectivity index (χ1) is 13.8. The number of aromatic amines is 1. The van der Waals surface area contributed by atoms with Crippen LogP contribution in [0.1, 0.15) is 100 Å². The Kier molecular flexibility index (Phi) is 6.62. The van der Waals surface area contributed by atoms with Crippen LogP contribution in [0.4, 0.5) is 0 Å². The van der Waals surface area contributed by atoms with Gasteiger partial charge >= 0.3 is 0 Å². The van der Waals surface area contributed by atoms with Crippen LogP contribution in [0.25, 0.3) is 10.8 Å². The van der Waals surface area contributed by atoms with E-state index in [1.807, 2.05) is 6.07 Å². The number of pyridine rings is 1. The van der Waals surface area contributed by atoms with Crippen LogP contribution in [0, 0.1) is 0 Å². The Bertz CT molecular complexity index is 1030. The number of fused-ring (bicyclic) bond motifs is 1. The number of nitrogens with one attached hydrogen (secondary N) is 1. The zero-order valence-electron chi connectivity index (χ0n) is 18.8. The monoisotopic (exact) mass is 389 g/mol. The molecular weight excluding hydrogens is 354 g/mol. The zero-order valence-corrected chi connectivity index (χ0v) is 18.8. The summed E-state index contributed by atoms with van der Waals surface area (Å²) < 4.78 is 0. The highest BCUT2D eigenvalue weighted by Gasteiger charge is 2.14. The van der Waals surface area contributed by atoms with Crippen molar-refractivity contribution in [2.45, 2.75) is 78.1 Å². The minimum atomic E-state index is 0.0722. The molecule has 2 heteroatoms. The van der Waals surface area contributed by atoms with Gasteiger partial charge in [0.15, 0.2) is 0 Å². The fourth-order valence-electron chi connectivity index (χ4n) is 4.00. The van der Waals surface area contributed by atoms with Crippen molar-refractivity contribution in [2.75, 3.05) is 0 Å². The van der Waals surface area contributed by atoms with Crippen molar-refractivity contribution >= 4 is 10.8 Å². The number of hydrogen-bond donors (Lipinski definition) is 1. The highest BCUT2D eigenvalue weighted by molar-refractivity contribution is 5.84. The number of benzene rings is 2. The van der Waals surface area contributed by atoms with E-state index in [0.717, 1.165) is 24.1 Å². The SMILES string of the molecule is CC(C)c1ccc2cc([C@H](C)CCC(C)c3ccc(C(C)C)[nH]c3=O)ccc2c1. The van der Waals surface area contributed by atoms with Gasteiger partial charge in [-0.2, -0.15) is 0 Å². The fraction of sp³-hybridized carbons (Fsp3) is 0.444. The molecule has 154 valence electrons. The summed E-state index contributed by atoms with van der Waals surface area (Å²) in [5, 5.41) is 2.63. The van der Waals surface area contributed by atoms with E-state index >= 15 is 0 Å². The van der Waals surface area contributed by atoms with Crippen LogP contribution in [-0.2, 0) is 0 Å². The van der Waals surface area contributed by atoms with E-state index in [-0.39, 0.29) is 11.5 Å². The molecule has 0 aliphatic carbocycles. The molecule has 0 radical (unpaired) electrons. The summed E-state index contributed by atoms with van der Waals surface area (Å²) in [5.74, 6) is 1.63. The summed E-state index contributed by atoms with van der Waals surface area (Å²) in [4.78, 5) is 15.5. The Morgan fingerprint density at radius 3 is 1.86 bits per heavy atom. The van der Waals surface area contributed by atoms with E-state index in [1.54, 1.807) is 0 Å². The molecule has 29 heavy (non-hydrogen) atoms. The summed E-state index contributed by atoms with van der Waals surface area (Å²) in [5.41, 5.74) is 4.76. The maximum Gasteiger partial charge on any atom is 0.251 e. The molecule has 3 aromatic rings. The Morgan fingerprint density at radius 1 is 0.690 bits per heavy atom. The van der Waals surface area contributed by atoms with Crippen LogP contribution in [0.3, 0.4) is 0 Å². The Hall–Kier alpha value is -2.35. The number of aromatic nitrogens is 1. The lowest BCUT2D eigenvalue weighted by atomic mass is 9.88. The van der Waals surface area contributed by atoms with Gasteiger partial charge in [-0.15, -0.1) is 0 Å². The summed E-state index contributed by atoms with van der Waals surface area (Å²) in [6.07, 6.45) is 2.08. The Labute approximate surface area is 175 Å². The van der Waals surface area contributed by atoms with E-state index in [2.05, 4.69) is 89.0 Å². The molecule has 0 aliphatic rings. The normalized spacial score (nSPS) is 13.9. The molecule has 0 bridgehead atoms. The quantitative estimate of drug-likeness (QED) is 0.447. The first-order valence-electron chi connectivity index (χ1n) is 11.0. The summed E-state index contributed by atoms with van der Waals surface area (Å²) >= 11 is 0. The molecule has 2 nitrogen and oxygen atoms in total. The minimum absolute atomic E-state index is 0.0722. The third-order valence-electron chi connectivity index (χ3n) is 6.27. The van der Waals surface area contributed by atoms with Gasteiger partial charge in [0, 0.05) is 11.3 Å². The minimum Gasteiger partial charge on any atom is -0.326 e. The topological polar surface area (TPSA) is 32.9 Å². The lowest BCUT2D eigenvalue weighted by Crippen LogP contribution is -2.17. The zero-order chi connectivity index (χ0) is 21.1. The summed E-state index contributed by atoms with van der Waals surface area (Å²) in [6, 6.07) is 17.7. The highest BCUT2D eigenvalue weighted by atomic mass is 16.1. The van der Waals surface area contributed by atoms with Crippen molar-refractivity contribution in [1.82, 2.24) is 4.98 Å². The van der Waals surface area contributed by atoms with Gasteiger partial charge in [-0.3, -0.25) is 4.79 Å². The van der Waals surface area contributed by atoms with Crippen molar-refractivity contribution < 1.29 is 0 Å². The molecule has 0 saturated heterocycles. The van der Waals surface area contributed by atoms with Crippen molar-refractivity contribution in [3.05, 3.63) is 81.3 Å². The van der Waals surface area contributed by atoms with Crippen molar-refractivity contribution in [1.29, 1.82) is 0 Å². The molecule has 1 heterocycles. The first-order valence-corrected chi connectivity index (χ1v) is 11.0. The van der Waals surface area contributed by atoms with Gasteiger partial charge in [-0.1, -0.05) is 84.0 Å². The van der Waals surface area contributed by atoms with E-state index in [1.165, 1.54) is 21.9 Å². The van der Waals surface area contributed by atoms with Gasteiger partial charge in [0.25, 0.3) is 5.56 Å². The molecule has 2 aromatic carbocycles. The summed E-state index contributed by atoms with van der Waals surface area (Å²) in [6.45, 7) is 13.1. The smallest absolute Gasteiger partial charge is 0.251 e.